The van der Waals surface area contributed by atoms with Crippen LogP contribution >= 0.6 is 0 Å². The van der Waals surface area contributed by atoms with E-state index in [1.165, 1.54) is 18.0 Å². The van der Waals surface area contributed by atoms with Crippen LogP contribution in [0.25, 0.3) is 0 Å². The Morgan fingerprint density at radius 2 is 1.67 bits per heavy atom. The summed E-state index contributed by atoms with van der Waals surface area (Å²) in [6.45, 7) is 6.39. The number of aromatic nitrogens is 2. The molecule has 0 spiro atoms. The number of ether oxygens (including phenoxy) is 1. The van der Waals surface area contributed by atoms with Crippen LogP contribution in [0.3, 0.4) is 0 Å². The van der Waals surface area contributed by atoms with Crippen molar-refractivity contribution in [1.82, 2.24) is 35.9 Å². The number of aryl methyl sites for hydroxylation is 1. The number of hydrogen-bond donors (Lipinski definition) is 4. The molecular formula is C34H49N7O7. The lowest BCUT2D eigenvalue weighted by atomic mass is 10.00. The number of hydrogen-bond acceptors (Lipinski definition) is 8. The van der Waals surface area contributed by atoms with E-state index in [2.05, 4.69) is 26.1 Å². The standard InChI is InChI=1S/C34H49N7O7/c1-22(2)20-27-33(46)37-28(21-24-9-13-26(48-5)14-10-24)34(47)40(4)23(3)32(45)35-17-7-19-41(18-6-8-29(42)36-27)31(44)16-12-25-11-15-30(43)39-38-25/h9-11,13-15,22-23,27-28H,6-8,12,16-21H2,1-5H3,(H,35,45)(H,36,42)(H,37,46)(H,39,43)/t23-,27+,28-/m0/s1. The first kappa shape index (κ1) is 37.7. The molecule has 3 atom stereocenters. The Morgan fingerprint density at radius 1 is 0.958 bits per heavy atom. The van der Waals surface area contributed by atoms with E-state index < -0.39 is 29.9 Å². The molecule has 5 amide bonds. The molecule has 2 heterocycles. The van der Waals surface area contributed by atoms with Crippen LogP contribution < -0.4 is 26.2 Å². The van der Waals surface area contributed by atoms with E-state index in [-0.39, 0.29) is 55.0 Å². The Balaban J connectivity index is 1.80. The molecule has 0 unspecified atom stereocenters. The van der Waals surface area contributed by atoms with Gasteiger partial charge >= 0.3 is 0 Å². The molecular weight excluding hydrogens is 618 g/mol. The minimum absolute atomic E-state index is 0.0612. The van der Waals surface area contributed by atoms with E-state index in [1.807, 2.05) is 26.0 Å². The Bertz CT molecular complexity index is 1440. The van der Waals surface area contributed by atoms with Crippen molar-refractivity contribution in [3.05, 3.63) is 58.0 Å². The van der Waals surface area contributed by atoms with Gasteiger partial charge < -0.3 is 30.5 Å². The fourth-order valence-corrected chi connectivity index (χ4v) is 5.38. The van der Waals surface area contributed by atoms with Crippen LogP contribution in [0.4, 0.5) is 0 Å². The molecule has 1 aliphatic heterocycles. The molecule has 1 aromatic heterocycles. The van der Waals surface area contributed by atoms with Crippen molar-refractivity contribution in [2.45, 2.75) is 83.8 Å². The van der Waals surface area contributed by atoms with Crippen molar-refractivity contribution in [1.29, 1.82) is 0 Å². The molecule has 3 rings (SSSR count). The van der Waals surface area contributed by atoms with Gasteiger partial charge in [0.1, 0.15) is 23.9 Å². The maximum atomic E-state index is 13.8. The van der Waals surface area contributed by atoms with Crippen molar-refractivity contribution in [3.63, 3.8) is 0 Å². The van der Waals surface area contributed by atoms with E-state index in [0.717, 1.165) is 5.56 Å². The highest BCUT2D eigenvalue weighted by atomic mass is 16.5. The van der Waals surface area contributed by atoms with Crippen molar-refractivity contribution in [2.75, 3.05) is 33.8 Å². The molecule has 0 radical (unpaired) electrons. The van der Waals surface area contributed by atoms with Gasteiger partial charge in [0, 0.05) is 58.4 Å². The van der Waals surface area contributed by atoms with Crippen LogP contribution in [-0.2, 0) is 36.8 Å². The second-order valence-electron chi connectivity index (χ2n) is 12.5. The summed E-state index contributed by atoms with van der Waals surface area (Å²) in [6, 6.07) is 7.33. The summed E-state index contributed by atoms with van der Waals surface area (Å²) in [5, 5.41) is 14.9. The summed E-state index contributed by atoms with van der Waals surface area (Å²) in [6.07, 6.45) is 1.88. The number of methoxy groups -OCH3 is 1. The van der Waals surface area contributed by atoms with Crippen LogP contribution in [0.5, 0.6) is 5.75 Å². The lowest BCUT2D eigenvalue weighted by molar-refractivity contribution is -0.141. The molecule has 1 aromatic carbocycles. The highest BCUT2D eigenvalue weighted by molar-refractivity contribution is 5.94. The SMILES string of the molecule is COc1ccc(C[C@@H]2NC(=O)[C@@H](CC(C)C)NC(=O)CCCN(C(=O)CCc3ccc(=O)[nH]n3)CCCNC(=O)[C@H](C)N(C)C2=O)cc1. The predicted molar refractivity (Wildman–Crippen MR) is 179 cm³/mol. The first-order valence-corrected chi connectivity index (χ1v) is 16.5. The number of carbonyl (C=O) groups is 5. The number of likely N-dealkylation sites (N-methyl/N-ethyl adjacent to an activating group) is 1. The largest absolute Gasteiger partial charge is 0.497 e. The van der Waals surface area contributed by atoms with Gasteiger partial charge in [0.25, 0.3) is 5.56 Å². The number of nitrogens with zero attached hydrogens (tertiary/aromatic N) is 3. The Hall–Kier alpha value is -4.75. The van der Waals surface area contributed by atoms with Gasteiger partial charge in [-0.05, 0) is 55.9 Å². The quantitative estimate of drug-likeness (QED) is 0.321. The number of carbonyl (C=O) groups excluding carboxylic acids is 5. The third-order valence-corrected chi connectivity index (χ3v) is 8.30. The molecule has 0 saturated carbocycles. The minimum Gasteiger partial charge on any atom is -0.497 e. The number of benzene rings is 1. The van der Waals surface area contributed by atoms with Crippen LogP contribution in [0.1, 0.15) is 64.1 Å². The van der Waals surface area contributed by atoms with Gasteiger partial charge in [-0.2, -0.15) is 5.10 Å². The Labute approximate surface area is 281 Å². The summed E-state index contributed by atoms with van der Waals surface area (Å²) in [7, 11) is 3.07. The maximum absolute atomic E-state index is 13.8. The second kappa shape index (κ2) is 18.6. The highest BCUT2D eigenvalue weighted by Gasteiger charge is 2.32. The second-order valence-corrected chi connectivity index (χ2v) is 12.5. The molecule has 1 aliphatic rings. The fraction of sp³-hybridized carbons (Fsp3) is 0.559. The molecule has 262 valence electrons. The molecule has 0 aliphatic carbocycles. The minimum atomic E-state index is -0.998. The van der Waals surface area contributed by atoms with Gasteiger partial charge in [0.2, 0.25) is 29.5 Å². The number of amides is 5. The average molecular weight is 668 g/mol. The summed E-state index contributed by atoms with van der Waals surface area (Å²) in [5.74, 6) is -1.09. The smallest absolute Gasteiger partial charge is 0.264 e. The molecule has 1 saturated heterocycles. The number of nitrogens with one attached hydrogen (secondary N) is 4. The Morgan fingerprint density at radius 3 is 2.31 bits per heavy atom. The molecule has 4 N–H and O–H groups in total. The van der Waals surface area contributed by atoms with Gasteiger partial charge in [0.05, 0.1) is 12.8 Å². The van der Waals surface area contributed by atoms with Crippen molar-refractivity contribution < 1.29 is 28.7 Å². The first-order valence-electron chi connectivity index (χ1n) is 16.5. The van der Waals surface area contributed by atoms with E-state index in [4.69, 9.17) is 4.74 Å². The van der Waals surface area contributed by atoms with Gasteiger partial charge in [-0.15, -0.1) is 0 Å². The van der Waals surface area contributed by atoms with Crippen molar-refractivity contribution >= 4 is 29.5 Å². The lowest BCUT2D eigenvalue weighted by Gasteiger charge is -2.30. The molecule has 48 heavy (non-hydrogen) atoms. The highest BCUT2D eigenvalue weighted by Crippen LogP contribution is 2.15. The van der Waals surface area contributed by atoms with E-state index in [1.54, 1.807) is 37.1 Å². The lowest BCUT2D eigenvalue weighted by Crippen LogP contribution is -2.57. The third kappa shape index (κ3) is 11.8. The average Bonchev–Trinajstić information content (AvgIpc) is 3.06. The summed E-state index contributed by atoms with van der Waals surface area (Å²) in [4.78, 5) is 81.1. The van der Waals surface area contributed by atoms with E-state index in [0.29, 0.717) is 50.2 Å². The van der Waals surface area contributed by atoms with E-state index in [9.17, 15) is 28.8 Å². The molecule has 1 fully saturated rings. The summed E-state index contributed by atoms with van der Waals surface area (Å²) >= 11 is 0. The number of H-pyrrole nitrogens is 1. The van der Waals surface area contributed by atoms with Crippen LogP contribution in [0.15, 0.2) is 41.2 Å². The zero-order valence-electron chi connectivity index (χ0n) is 28.5. The van der Waals surface area contributed by atoms with Crippen molar-refractivity contribution in [2.24, 2.45) is 5.92 Å². The third-order valence-electron chi connectivity index (χ3n) is 8.30. The molecule has 14 nitrogen and oxygen atoms in total. The first-order chi connectivity index (χ1) is 22.9. The summed E-state index contributed by atoms with van der Waals surface area (Å²) in [5.41, 5.74) is 1.02. The van der Waals surface area contributed by atoms with Crippen LogP contribution in [-0.4, -0.2) is 101 Å². The van der Waals surface area contributed by atoms with Gasteiger partial charge in [-0.3, -0.25) is 28.8 Å². The topological polar surface area (TPSA) is 183 Å². The van der Waals surface area contributed by atoms with Crippen LogP contribution in [0, 0.1) is 5.92 Å². The number of aromatic amines is 1. The predicted octanol–water partition coefficient (Wildman–Crippen LogP) is 0.945. The molecule has 2 aromatic rings. The van der Waals surface area contributed by atoms with Gasteiger partial charge in [-0.25, -0.2) is 5.10 Å². The Kier molecular flexibility index (Phi) is 14.6. The maximum Gasteiger partial charge on any atom is 0.264 e. The molecule has 0 bridgehead atoms. The zero-order chi connectivity index (χ0) is 35.2. The van der Waals surface area contributed by atoms with Gasteiger partial charge in [-0.1, -0.05) is 26.0 Å². The number of rotatable bonds is 8. The molecule has 14 heteroatoms. The van der Waals surface area contributed by atoms with Crippen LogP contribution in [0.2, 0.25) is 0 Å². The van der Waals surface area contributed by atoms with Gasteiger partial charge in [0.15, 0.2) is 0 Å². The van der Waals surface area contributed by atoms with Crippen molar-refractivity contribution in [3.8, 4) is 5.75 Å². The monoisotopic (exact) mass is 667 g/mol. The summed E-state index contributed by atoms with van der Waals surface area (Å²) < 4.78 is 5.24. The van der Waals surface area contributed by atoms with E-state index >= 15 is 0 Å². The fourth-order valence-electron chi connectivity index (χ4n) is 5.38. The normalized spacial score (nSPS) is 20.8. The zero-order valence-corrected chi connectivity index (χ0v) is 28.5.